The monoisotopic (exact) mass is 477 g/mol. The van der Waals surface area contributed by atoms with E-state index in [9.17, 15) is 27.2 Å². The minimum Gasteiger partial charge on any atom is -0.378 e. The number of likely N-dealkylation sites (tertiary alicyclic amines) is 1. The Morgan fingerprint density at radius 2 is 1.82 bits per heavy atom. The maximum absolute atomic E-state index is 14.7. The molecule has 2 aliphatic rings. The highest BCUT2D eigenvalue weighted by Crippen LogP contribution is 2.43. The number of nitrogens with one attached hydrogen (secondary N) is 1. The second-order valence-corrected chi connectivity index (χ2v) is 9.16. The molecule has 1 aliphatic carbocycles. The Morgan fingerprint density at radius 3 is 2.44 bits per heavy atom. The molecule has 2 aromatic rings. The number of alkyl halides is 3. The van der Waals surface area contributed by atoms with Gasteiger partial charge in [-0.25, -0.2) is 4.39 Å². The van der Waals surface area contributed by atoms with Crippen LogP contribution in [-0.4, -0.2) is 43.4 Å². The van der Waals surface area contributed by atoms with E-state index in [1.54, 1.807) is 18.2 Å². The van der Waals surface area contributed by atoms with Crippen molar-refractivity contribution < 1.29 is 27.2 Å². The van der Waals surface area contributed by atoms with E-state index in [1.165, 1.54) is 4.90 Å². The number of anilines is 1. The maximum atomic E-state index is 14.7. The first kappa shape index (κ1) is 24.0. The van der Waals surface area contributed by atoms with Crippen LogP contribution in [0.5, 0.6) is 0 Å². The summed E-state index contributed by atoms with van der Waals surface area (Å²) in [6.07, 6.45) is -2.03. The summed E-state index contributed by atoms with van der Waals surface area (Å²) >= 11 is 0. The van der Waals surface area contributed by atoms with E-state index in [-0.39, 0.29) is 17.4 Å². The predicted octanol–water partition coefficient (Wildman–Crippen LogP) is 4.78. The van der Waals surface area contributed by atoms with Gasteiger partial charge in [0.1, 0.15) is 11.9 Å². The summed E-state index contributed by atoms with van der Waals surface area (Å²) in [5.74, 6) is -1.71. The van der Waals surface area contributed by atoms with Crippen LogP contribution in [0.3, 0.4) is 0 Å². The zero-order chi connectivity index (χ0) is 24.6. The average molecular weight is 478 g/mol. The standard InChI is InChI=1S/C25H27F4N3O2/c1-31(2)18-6-3-5-16(13-18)24(34)32-12-4-7-21(32)23(33)30-22(15-8-9-15)19-11-10-17(14-20(19)26)25(27,28)29/h3,5-6,10-11,13-15,21-22H,4,7-9,12H2,1-2H3,(H,30,33)/t21-,22?/m1/s1. The van der Waals surface area contributed by atoms with Crippen molar-refractivity contribution in [3.05, 3.63) is 65.0 Å². The number of nitrogens with zero attached hydrogens (tertiary/aromatic N) is 2. The number of rotatable bonds is 6. The SMILES string of the molecule is CN(C)c1cccc(C(=O)N2CCC[C@@H]2C(=O)NC(c2ccc(C(F)(F)F)cc2F)C2CC2)c1. The molecule has 182 valence electrons. The van der Waals surface area contributed by atoms with Gasteiger partial charge in [-0.1, -0.05) is 12.1 Å². The summed E-state index contributed by atoms with van der Waals surface area (Å²) in [6.45, 7) is 0.422. The van der Waals surface area contributed by atoms with E-state index in [2.05, 4.69) is 5.32 Å². The van der Waals surface area contributed by atoms with Gasteiger partial charge in [-0.2, -0.15) is 13.2 Å². The molecule has 0 spiro atoms. The largest absolute Gasteiger partial charge is 0.416 e. The molecular formula is C25H27F4N3O2. The van der Waals surface area contributed by atoms with Crippen molar-refractivity contribution in [3.8, 4) is 0 Å². The van der Waals surface area contributed by atoms with Crippen molar-refractivity contribution in [2.45, 2.75) is 43.9 Å². The van der Waals surface area contributed by atoms with Crippen molar-refractivity contribution in [3.63, 3.8) is 0 Å². The van der Waals surface area contributed by atoms with Gasteiger partial charge in [0.2, 0.25) is 5.91 Å². The Bertz CT molecular complexity index is 1080. The van der Waals surface area contributed by atoms with Gasteiger partial charge < -0.3 is 15.1 Å². The highest BCUT2D eigenvalue weighted by molar-refractivity contribution is 5.98. The van der Waals surface area contributed by atoms with Gasteiger partial charge in [0.05, 0.1) is 11.6 Å². The van der Waals surface area contributed by atoms with Crippen molar-refractivity contribution >= 4 is 17.5 Å². The molecule has 0 bridgehead atoms. The van der Waals surface area contributed by atoms with Crippen LogP contribution in [0, 0.1) is 11.7 Å². The van der Waals surface area contributed by atoms with Crippen LogP contribution in [0.25, 0.3) is 0 Å². The third-order valence-electron chi connectivity index (χ3n) is 6.48. The van der Waals surface area contributed by atoms with Crippen LogP contribution < -0.4 is 10.2 Å². The lowest BCUT2D eigenvalue weighted by Crippen LogP contribution is -2.47. The van der Waals surface area contributed by atoms with E-state index in [0.29, 0.717) is 31.0 Å². The number of amides is 2. The third kappa shape index (κ3) is 5.03. The summed E-state index contributed by atoms with van der Waals surface area (Å²) in [5, 5.41) is 2.84. The van der Waals surface area contributed by atoms with E-state index < -0.39 is 35.5 Å². The van der Waals surface area contributed by atoms with E-state index in [0.717, 1.165) is 30.7 Å². The van der Waals surface area contributed by atoms with Crippen molar-refractivity contribution in [1.82, 2.24) is 10.2 Å². The number of carbonyl (C=O) groups excluding carboxylic acids is 2. The number of benzene rings is 2. The summed E-state index contributed by atoms with van der Waals surface area (Å²) in [4.78, 5) is 29.8. The number of hydrogen-bond donors (Lipinski definition) is 1. The van der Waals surface area contributed by atoms with Crippen LogP contribution in [0.1, 0.15) is 53.2 Å². The first-order valence-corrected chi connectivity index (χ1v) is 11.3. The summed E-state index contributed by atoms with van der Waals surface area (Å²) < 4.78 is 53.5. The quantitative estimate of drug-likeness (QED) is 0.610. The molecule has 5 nitrogen and oxygen atoms in total. The lowest BCUT2D eigenvalue weighted by atomic mass is 9.99. The normalized spacial score (nSPS) is 19.1. The number of halogens is 4. The van der Waals surface area contributed by atoms with Gasteiger partial charge in [-0.15, -0.1) is 0 Å². The molecule has 2 amide bonds. The zero-order valence-electron chi connectivity index (χ0n) is 19.0. The topological polar surface area (TPSA) is 52.7 Å². The third-order valence-corrected chi connectivity index (χ3v) is 6.48. The Balaban J connectivity index is 1.52. The molecule has 4 rings (SSSR count). The van der Waals surface area contributed by atoms with E-state index in [4.69, 9.17) is 0 Å². The average Bonchev–Trinajstić information content (AvgIpc) is 3.51. The first-order chi connectivity index (χ1) is 16.1. The Labute approximate surface area is 195 Å². The van der Waals surface area contributed by atoms with E-state index in [1.807, 2.05) is 25.1 Å². The van der Waals surface area contributed by atoms with Crippen LogP contribution >= 0.6 is 0 Å². The number of carbonyl (C=O) groups is 2. The molecular weight excluding hydrogens is 450 g/mol. The molecule has 1 N–H and O–H groups in total. The lowest BCUT2D eigenvalue weighted by Gasteiger charge is -2.27. The fraction of sp³-hybridized carbons (Fsp3) is 0.440. The molecule has 1 aliphatic heterocycles. The van der Waals surface area contributed by atoms with E-state index >= 15 is 0 Å². The molecule has 2 atom stereocenters. The molecule has 1 unspecified atom stereocenters. The number of hydrogen-bond acceptors (Lipinski definition) is 3. The van der Waals surface area contributed by atoms with Crippen molar-refractivity contribution in [1.29, 1.82) is 0 Å². The maximum Gasteiger partial charge on any atom is 0.416 e. The van der Waals surface area contributed by atoms with Crippen LogP contribution in [0.15, 0.2) is 42.5 Å². The molecule has 0 radical (unpaired) electrons. The second-order valence-electron chi connectivity index (χ2n) is 9.16. The smallest absolute Gasteiger partial charge is 0.378 e. The highest BCUT2D eigenvalue weighted by Gasteiger charge is 2.40. The van der Waals surface area contributed by atoms with Gasteiger partial charge in [0.25, 0.3) is 5.91 Å². The molecule has 1 saturated carbocycles. The minimum absolute atomic E-state index is 0.0402. The highest BCUT2D eigenvalue weighted by atomic mass is 19.4. The Morgan fingerprint density at radius 1 is 1.09 bits per heavy atom. The molecule has 2 fully saturated rings. The fourth-order valence-corrected chi connectivity index (χ4v) is 4.45. The fourth-order valence-electron chi connectivity index (χ4n) is 4.45. The van der Waals surface area contributed by atoms with Gasteiger partial charge in [0.15, 0.2) is 0 Å². The summed E-state index contributed by atoms with van der Waals surface area (Å²) in [5.41, 5.74) is 0.302. The lowest BCUT2D eigenvalue weighted by molar-refractivity contribution is -0.137. The molecule has 34 heavy (non-hydrogen) atoms. The van der Waals surface area contributed by atoms with Crippen LogP contribution in [-0.2, 0) is 11.0 Å². The first-order valence-electron chi connectivity index (χ1n) is 11.3. The van der Waals surface area contributed by atoms with Gasteiger partial charge in [-0.3, -0.25) is 9.59 Å². The van der Waals surface area contributed by atoms with Crippen LogP contribution in [0.2, 0.25) is 0 Å². The van der Waals surface area contributed by atoms with Gasteiger partial charge in [-0.05, 0) is 61.9 Å². The molecule has 9 heteroatoms. The van der Waals surface area contributed by atoms with Crippen LogP contribution in [0.4, 0.5) is 23.2 Å². The molecule has 0 aromatic heterocycles. The zero-order valence-corrected chi connectivity index (χ0v) is 19.0. The van der Waals surface area contributed by atoms with Crippen molar-refractivity contribution in [2.75, 3.05) is 25.5 Å². The van der Waals surface area contributed by atoms with Crippen molar-refractivity contribution in [2.24, 2.45) is 5.92 Å². The second kappa shape index (κ2) is 9.27. The molecule has 1 heterocycles. The molecule has 1 saturated heterocycles. The van der Waals surface area contributed by atoms with Gasteiger partial charge in [0, 0.05) is 37.5 Å². The Kier molecular flexibility index (Phi) is 6.55. The molecule has 2 aromatic carbocycles. The summed E-state index contributed by atoms with van der Waals surface area (Å²) in [6, 6.07) is 8.09. The van der Waals surface area contributed by atoms with Gasteiger partial charge >= 0.3 is 6.18 Å². The predicted molar refractivity (Wildman–Crippen MR) is 120 cm³/mol. The Hall–Kier alpha value is -3.10. The minimum atomic E-state index is -4.65. The summed E-state index contributed by atoms with van der Waals surface area (Å²) in [7, 11) is 3.74.